The largest absolute Gasteiger partial charge is 0.456 e. The van der Waals surface area contributed by atoms with Crippen LogP contribution in [0.25, 0.3) is 10.4 Å². The summed E-state index contributed by atoms with van der Waals surface area (Å²) in [4.78, 5) is 36.9. The molecule has 26 heavy (non-hydrogen) atoms. The third kappa shape index (κ3) is 6.48. The molecular formula is C14H21N3O9. The van der Waals surface area contributed by atoms with E-state index in [4.69, 9.17) is 29.2 Å². The molecule has 0 aliphatic carbocycles. The highest BCUT2D eigenvalue weighted by atomic mass is 16.7. The van der Waals surface area contributed by atoms with Crippen LogP contribution in [0.15, 0.2) is 5.11 Å². The smallest absolute Gasteiger partial charge is 0.303 e. The first kappa shape index (κ1) is 21.6. The molecule has 146 valence electrons. The zero-order chi connectivity index (χ0) is 19.7. The second kappa shape index (κ2) is 10.6. The zero-order valence-electron chi connectivity index (χ0n) is 14.6. The van der Waals surface area contributed by atoms with Crippen molar-refractivity contribution in [3.05, 3.63) is 10.4 Å². The molecule has 0 saturated carbocycles. The minimum atomic E-state index is -1.27. The Hall–Kier alpha value is -2.40. The number of carbonyl (C=O) groups excluding carboxylic acids is 3. The van der Waals surface area contributed by atoms with Gasteiger partial charge < -0.3 is 28.8 Å². The van der Waals surface area contributed by atoms with E-state index in [-0.39, 0.29) is 13.2 Å². The number of carbonyl (C=O) groups is 3. The zero-order valence-corrected chi connectivity index (χ0v) is 14.6. The minimum absolute atomic E-state index is 0.0292. The molecule has 12 nitrogen and oxygen atoms in total. The van der Waals surface area contributed by atoms with Gasteiger partial charge in [0.25, 0.3) is 0 Å². The van der Waals surface area contributed by atoms with Crippen LogP contribution < -0.4 is 0 Å². The predicted octanol–water partition coefficient (Wildman–Crippen LogP) is -0.174. The van der Waals surface area contributed by atoms with Gasteiger partial charge in [-0.3, -0.25) is 14.4 Å². The number of aliphatic hydroxyl groups is 1. The van der Waals surface area contributed by atoms with Gasteiger partial charge in [-0.25, -0.2) is 0 Å². The number of nitrogens with zero attached hydrogens (tertiary/aromatic N) is 3. The van der Waals surface area contributed by atoms with Crippen LogP contribution in [0.2, 0.25) is 0 Å². The maximum absolute atomic E-state index is 11.5. The third-order valence-corrected chi connectivity index (χ3v) is 3.21. The summed E-state index contributed by atoms with van der Waals surface area (Å²) in [6.07, 6.45) is -6.10. The van der Waals surface area contributed by atoms with Crippen molar-refractivity contribution in [1.82, 2.24) is 0 Å². The average molecular weight is 375 g/mol. The maximum atomic E-state index is 11.5. The lowest BCUT2D eigenvalue weighted by Gasteiger charge is -2.43. The van der Waals surface area contributed by atoms with E-state index in [0.29, 0.717) is 0 Å². The Morgan fingerprint density at radius 3 is 2.08 bits per heavy atom. The van der Waals surface area contributed by atoms with Crippen molar-refractivity contribution in [2.45, 2.75) is 51.5 Å². The summed E-state index contributed by atoms with van der Waals surface area (Å²) in [6, 6.07) is 0. The van der Waals surface area contributed by atoms with E-state index in [1.54, 1.807) is 0 Å². The summed E-state index contributed by atoms with van der Waals surface area (Å²) in [7, 11) is 0. The van der Waals surface area contributed by atoms with Gasteiger partial charge in [-0.1, -0.05) is 5.11 Å². The summed E-state index contributed by atoms with van der Waals surface area (Å²) < 4.78 is 26.3. The molecular weight excluding hydrogens is 354 g/mol. The first-order valence-corrected chi connectivity index (χ1v) is 7.70. The van der Waals surface area contributed by atoms with Crippen molar-refractivity contribution in [3.63, 3.8) is 0 Å². The van der Waals surface area contributed by atoms with Crippen molar-refractivity contribution in [1.29, 1.82) is 0 Å². The fraction of sp³-hybridized carbons (Fsp3) is 0.786. The van der Waals surface area contributed by atoms with Gasteiger partial charge in [-0.05, 0) is 5.53 Å². The van der Waals surface area contributed by atoms with Crippen LogP contribution in [0.1, 0.15) is 20.8 Å². The van der Waals surface area contributed by atoms with Gasteiger partial charge >= 0.3 is 17.9 Å². The van der Waals surface area contributed by atoms with Gasteiger partial charge in [0.1, 0.15) is 6.10 Å². The number of azide groups is 1. The molecule has 0 aromatic carbocycles. The van der Waals surface area contributed by atoms with E-state index in [1.165, 1.54) is 0 Å². The number of esters is 3. The summed E-state index contributed by atoms with van der Waals surface area (Å²) in [6.45, 7) is 2.67. The number of hydrogen-bond acceptors (Lipinski definition) is 10. The highest BCUT2D eigenvalue weighted by Gasteiger charge is 2.52. The molecule has 1 fully saturated rings. The fourth-order valence-corrected chi connectivity index (χ4v) is 2.39. The van der Waals surface area contributed by atoms with Crippen LogP contribution >= 0.6 is 0 Å². The summed E-state index contributed by atoms with van der Waals surface area (Å²) >= 11 is 0. The molecule has 0 amide bonds. The van der Waals surface area contributed by atoms with E-state index < -0.39 is 55.2 Å². The van der Waals surface area contributed by atoms with Crippen molar-refractivity contribution in [2.24, 2.45) is 5.11 Å². The summed E-state index contributed by atoms with van der Waals surface area (Å²) in [5.74, 6) is -2.15. The van der Waals surface area contributed by atoms with Crippen LogP contribution in [-0.2, 0) is 38.1 Å². The number of aliphatic hydroxyl groups excluding tert-OH is 1. The standard InChI is InChI=1S/C14H21N3O9/c1-7(19)23-11-10(6-18)26-14(22-5-4-16-17-15)13(25-9(3)21)12(11)24-8(2)20/h10-14,18H,4-6H2,1-3H3/t10-,11-,12+,13+,14+/m1/s1. The van der Waals surface area contributed by atoms with Crippen molar-refractivity contribution in [2.75, 3.05) is 19.8 Å². The van der Waals surface area contributed by atoms with Crippen LogP contribution in [0.5, 0.6) is 0 Å². The Kier molecular flexibility index (Phi) is 8.79. The second-order valence-corrected chi connectivity index (χ2v) is 5.27. The molecule has 12 heteroatoms. The molecule has 0 aromatic heterocycles. The molecule has 1 aliphatic rings. The van der Waals surface area contributed by atoms with Gasteiger partial charge in [0, 0.05) is 32.2 Å². The average Bonchev–Trinajstić information content (AvgIpc) is 2.54. The number of ether oxygens (including phenoxy) is 5. The fourth-order valence-electron chi connectivity index (χ4n) is 2.39. The van der Waals surface area contributed by atoms with Gasteiger partial charge in [0.05, 0.1) is 13.2 Å². The first-order chi connectivity index (χ1) is 12.3. The summed E-state index contributed by atoms with van der Waals surface area (Å²) in [5.41, 5.74) is 8.28. The molecule has 0 spiro atoms. The highest BCUT2D eigenvalue weighted by Crippen LogP contribution is 2.29. The van der Waals surface area contributed by atoms with Crippen LogP contribution in [0, 0.1) is 0 Å². The lowest BCUT2D eigenvalue weighted by atomic mass is 9.98. The first-order valence-electron chi connectivity index (χ1n) is 7.70. The van der Waals surface area contributed by atoms with Gasteiger partial charge in [0.15, 0.2) is 24.6 Å². The van der Waals surface area contributed by atoms with Crippen molar-refractivity contribution < 1.29 is 43.2 Å². The normalized spacial score (nSPS) is 27.8. The Morgan fingerprint density at radius 2 is 1.58 bits per heavy atom. The molecule has 1 N–H and O–H groups in total. The molecule has 5 atom stereocenters. The lowest BCUT2D eigenvalue weighted by molar-refractivity contribution is -0.307. The number of rotatable bonds is 8. The summed E-state index contributed by atoms with van der Waals surface area (Å²) in [5, 5.41) is 12.8. The lowest BCUT2D eigenvalue weighted by Crippen LogP contribution is -2.62. The second-order valence-electron chi connectivity index (χ2n) is 5.27. The van der Waals surface area contributed by atoms with Crippen molar-refractivity contribution >= 4 is 17.9 Å². The molecule has 0 aromatic rings. The van der Waals surface area contributed by atoms with Crippen LogP contribution in [0.4, 0.5) is 0 Å². The van der Waals surface area contributed by atoms with E-state index >= 15 is 0 Å². The highest BCUT2D eigenvalue weighted by molar-refractivity contribution is 5.68. The van der Waals surface area contributed by atoms with E-state index in [0.717, 1.165) is 20.8 Å². The predicted molar refractivity (Wildman–Crippen MR) is 82.4 cm³/mol. The SMILES string of the molecule is CC(=O)O[C@@H]1[C@H](OC(C)=O)[C@@H](OCCN=[N+]=[N-])O[C@H](CO)[C@H]1OC(C)=O. The molecule has 1 saturated heterocycles. The van der Waals surface area contributed by atoms with Gasteiger partial charge in [0.2, 0.25) is 0 Å². The monoisotopic (exact) mass is 375 g/mol. The topological polar surface area (TPSA) is 166 Å². The molecule has 1 aliphatic heterocycles. The van der Waals surface area contributed by atoms with Gasteiger partial charge in [-0.15, -0.1) is 0 Å². The van der Waals surface area contributed by atoms with E-state index in [2.05, 4.69) is 10.0 Å². The Bertz CT molecular complexity index is 564. The Morgan fingerprint density at radius 1 is 1.04 bits per heavy atom. The van der Waals surface area contributed by atoms with Crippen LogP contribution in [-0.4, -0.2) is 73.5 Å². The number of hydrogen-bond donors (Lipinski definition) is 1. The molecule has 1 rings (SSSR count). The maximum Gasteiger partial charge on any atom is 0.303 e. The van der Waals surface area contributed by atoms with Gasteiger partial charge in [-0.2, -0.15) is 0 Å². The molecule has 0 bridgehead atoms. The molecule has 1 heterocycles. The van der Waals surface area contributed by atoms with E-state index in [1.807, 2.05) is 0 Å². The Labute approximate surface area is 148 Å². The van der Waals surface area contributed by atoms with E-state index in [9.17, 15) is 19.5 Å². The molecule has 0 unspecified atom stereocenters. The van der Waals surface area contributed by atoms with Crippen molar-refractivity contribution in [3.8, 4) is 0 Å². The minimum Gasteiger partial charge on any atom is -0.456 e. The molecule has 0 radical (unpaired) electrons. The quantitative estimate of drug-likeness (QED) is 0.151. The Balaban J connectivity index is 3.12. The van der Waals surface area contributed by atoms with Crippen LogP contribution in [0.3, 0.4) is 0 Å². The third-order valence-electron chi connectivity index (χ3n) is 3.21.